The van der Waals surface area contributed by atoms with Crippen LogP contribution in [0.25, 0.3) is 17.1 Å². The molecule has 0 fully saturated rings. The van der Waals surface area contributed by atoms with Gasteiger partial charge < -0.3 is 10.1 Å². The van der Waals surface area contributed by atoms with Crippen molar-refractivity contribution in [2.24, 2.45) is 0 Å². The molecule has 1 aromatic heterocycles. The van der Waals surface area contributed by atoms with E-state index in [0.717, 1.165) is 28.8 Å². The Kier molecular flexibility index (Phi) is 5.98. The van der Waals surface area contributed by atoms with Crippen molar-refractivity contribution in [3.63, 3.8) is 0 Å². The number of nitrogens with zero attached hydrogens (tertiary/aromatic N) is 3. The van der Waals surface area contributed by atoms with Crippen LogP contribution in [-0.4, -0.2) is 40.9 Å². The Morgan fingerprint density at radius 1 is 1.11 bits per heavy atom. The maximum atomic E-state index is 12.5. The summed E-state index contributed by atoms with van der Waals surface area (Å²) in [4.78, 5) is 17.0. The van der Waals surface area contributed by atoms with Crippen molar-refractivity contribution in [1.82, 2.24) is 20.1 Å². The Bertz CT molecular complexity index is 870. The minimum atomic E-state index is -0.286. The van der Waals surface area contributed by atoms with E-state index in [-0.39, 0.29) is 11.7 Å². The number of carbonyl (C=O) groups is 1. The molecule has 27 heavy (non-hydrogen) atoms. The molecule has 1 amide bonds. The highest BCUT2D eigenvalue weighted by molar-refractivity contribution is 5.91. The minimum Gasteiger partial charge on any atom is -0.385 e. The molecule has 0 spiro atoms. The van der Waals surface area contributed by atoms with Crippen molar-refractivity contribution in [2.75, 3.05) is 20.3 Å². The van der Waals surface area contributed by atoms with E-state index in [9.17, 15) is 4.79 Å². The van der Waals surface area contributed by atoms with Crippen molar-refractivity contribution in [3.05, 3.63) is 65.5 Å². The number of carbonyl (C=O) groups excluding carboxylic acids is 1. The number of benzene rings is 2. The van der Waals surface area contributed by atoms with Gasteiger partial charge in [0, 0.05) is 25.8 Å². The number of methoxy groups -OCH3 is 1. The zero-order chi connectivity index (χ0) is 19.2. The Morgan fingerprint density at radius 2 is 1.85 bits per heavy atom. The summed E-state index contributed by atoms with van der Waals surface area (Å²) in [5, 5.41) is 7.33. The molecular formula is C21H24N4O2. The van der Waals surface area contributed by atoms with Gasteiger partial charge in [-0.3, -0.25) is 4.79 Å². The van der Waals surface area contributed by atoms with E-state index < -0.39 is 0 Å². The maximum Gasteiger partial charge on any atom is 0.290 e. The lowest BCUT2D eigenvalue weighted by molar-refractivity contribution is 0.0938. The van der Waals surface area contributed by atoms with Crippen molar-refractivity contribution in [1.29, 1.82) is 0 Å². The number of hydrogen-bond donors (Lipinski definition) is 1. The number of amides is 1. The summed E-state index contributed by atoms with van der Waals surface area (Å²) >= 11 is 0. The fourth-order valence-corrected chi connectivity index (χ4v) is 2.82. The van der Waals surface area contributed by atoms with Crippen LogP contribution in [0.5, 0.6) is 0 Å². The molecule has 0 atom stereocenters. The normalized spacial score (nSPS) is 10.8. The molecule has 0 saturated heterocycles. The van der Waals surface area contributed by atoms with E-state index in [1.165, 1.54) is 0 Å². The van der Waals surface area contributed by atoms with Crippen molar-refractivity contribution < 1.29 is 9.53 Å². The van der Waals surface area contributed by atoms with Crippen LogP contribution in [0.3, 0.4) is 0 Å². The lowest BCUT2D eigenvalue weighted by atomic mass is 10.1. The monoisotopic (exact) mass is 364 g/mol. The van der Waals surface area contributed by atoms with Crippen LogP contribution in [0.4, 0.5) is 0 Å². The summed E-state index contributed by atoms with van der Waals surface area (Å²) < 4.78 is 6.73. The molecule has 1 heterocycles. The zero-order valence-corrected chi connectivity index (χ0v) is 15.9. The van der Waals surface area contributed by atoms with Gasteiger partial charge in [-0.15, -0.1) is 5.10 Å². The minimum absolute atomic E-state index is 0.158. The number of rotatable bonds is 7. The summed E-state index contributed by atoms with van der Waals surface area (Å²) in [6.07, 6.45) is 0.742. The average Bonchev–Trinajstić information content (AvgIpc) is 3.11. The molecule has 0 bridgehead atoms. The first-order valence-corrected chi connectivity index (χ1v) is 8.97. The fraction of sp³-hybridized carbons (Fsp3) is 0.286. The van der Waals surface area contributed by atoms with E-state index in [0.29, 0.717) is 19.0 Å². The molecule has 1 N–H and O–H groups in total. The van der Waals surface area contributed by atoms with Crippen LogP contribution < -0.4 is 5.32 Å². The fourth-order valence-electron chi connectivity index (χ4n) is 2.82. The molecule has 3 rings (SSSR count). The summed E-state index contributed by atoms with van der Waals surface area (Å²) in [5.74, 6) is 0.517. The van der Waals surface area contributed by atoms with Gasteiger partial charge in [0.1, 0.15) is 0 Å². The Balaban J connectivity index is 1.97. The lowest BCUT2D eigenvalue weighted by Gasteiger charge is -2.07. The third kappa shape index (κ3) is 4.60. The highest BCUT2D eigenvalue weighted by atomic mass is 16.5. The standard InChI is InChI=1S/C21H24N4O2/c1-15-7-4-9-17(13-15)20-23-19(21(26)22-11-6-12-27-3)24-25(20)18-10-5-8-16(2)14-18/h4-5,7-10,13-14H,6,11-12H2,1-3H3,(H,22,26). The SMILES string of the molecule is COCCCNC(=O)c1nc(-c2cccc(C)c2)n(-c2cccc(C)c2)n1. The second-order valence-electron chi connectivity index (χ2n) is 6.48. The largest absolute Gasteiger partial charge is 0.385 e. The van der Waals surface area contributed by atoms with Crippen molar-refractivity contribution >= 4 is 5.91 Å². The van der Waals surface area contributed by atoms with Crippen molar-refractivity contribution in [2.45, 2.75) is 20.3 Å². The number of ether oxygens (including phenoxy) is 1. The molecule has 0 aliphatic rings. The summed E-state index contributed by atoms with van der Waals surface area (Å²) in [6, 6.07) is 16.0. The smallest absolute Gasteiger partial charge is 0.290 e. The number of nitrogens with one attached hydrogen (secondary N) is 1. The molecule has 0 saturated carbocycles. The highest BCUT2D eigenvalue weighted by Crippen LogP contribution is 2.22. The first kappa shape index (κ1) is 18.8. The molecular weight excluding hydrogens is 340 g/mol. The van der Waals surface area contributed by atoms with Crippen molar-refractivity contribution in [3.8, 4) is 17.1 Å². The summed E-state index contributed by atoms with van der Waals surface area (Å²) in [6.45, 7) is 5.17. The molecule has 140 valence electrons. The van der Waals surface area contributed by atoms with Gasteiger partial charge in [-0.25, -0.2) is 9.67 Å². The summed E-state index contributed by atoms with van der Waals surface area (Å²) in [5.41, 5.74) is 4.03. The number of hydrogen-bond acceptors (Lipinski definition) is 4. The molecule has 0 radical (unpaired) electrons. The van der Waals surface area contributed by atoms with E-state index >= 15 is 0 Å². The molecule has 0 aliphatic heterocycles. The van der Waals surface area contributed by atoms with Crippen LogP contribution in [0.2, 0.25) is 0 Å². The predicted molar refractivity (Wildman–Crippen MR) is 105 cm³/mol. The van der Waals surface area contributed by atoms with Crippen LogP contribution in [0.1, 0.15) is 28.2 Å². The Hall–Kier alpha value is -2.99. The Labute approximate surface area is 159 Å². The first-order chi connectivity index (χ1) is 13.1. The van der Waals surface area contributed by atoms with Gasteiger partial charge in [-0.1, -0.05) is 35.9 Å². The molecule has 0 unspecified atom stereocenters. The predicted octanol–water partition coefficient (Wildman–Crippen LogP) is 3.32. The third-order valence-corrected chi connectivity index (χ3v) is 4.14. The molecule has 0 aliphatic carbocycles. The van der Waals surface area contributed by atoms with Gasteiger partial charge in [0.05, 0.1) is 5.69 Å². The molecule has 2 aromatic carbocycles. The van der Waals surface area contributed by atoms with E-state index in [1.807, 2.05) is 62.4 Å². The van der Waals surface area contributed by atoms with Gasteiger partial charge in [0.25, 0.3) is 5.91 Å². The van der Waals surface area contributed by atoms with Gasteiger partial charge in [-0.05, 0) is 44.0 Å². The van der Waals surface area contributed by atoms with Crippen LogP contribution in [0, 0.1) is 13.8 Å². The lowest BCUT2D eigenvalue weighted by Crippen LogP contribution is -2.26. The second kappa shape index (κ2) is 8.60. The molecule has 6 heteroatoms. The highest BCUT2D eigenvalue weighted by Gasteiger charge is 2.18. The van der Waals surface area contributed by atoms with Gasteiger partial charge in [0.2, 0.25) is 5.82 Å². The molecule has 6 nitrogen and oxygen atoms in total. The van der Waals surface area contributed by atoms with Crippen LogP contribution >= 0.6 is 0 Å². The zero-order valence-electron chi connectivity index (χ0n) is 15.9. The topological polar surface area (TPSA) is 69.0 Å². The van der Waals surface area contributed by atoms with Gasteiger partial charge in [0.15, 0.2) is 5.82 Å². The quantitative estimate of drug-likeness (QED) is 0.653. The summed E-state index contributed by atoms with van der Waals surface area (Å²) in [7, 11) is 1.64. The van der Waals surface area contributed by atoms with Gasteiger partial charge >= 0.3 is 0 Å². The maximum absolute atomic E-state index is 12.5. The van der Waals surface area contributed by atoms with E-state index in [1.54, 1.807) is 11.8 Å². The Morgan fingerprint density at radius 3 is 2.56 bits per heavy atom. The van der Waals surface area contributed by atoms with Crippen LogP contribution in [-0.2, 0) is 4.74 Å². The molecule has 3 aromatic rings. The first-order valence-electron chi connectivity index (χ1n) is 8.97. The van der Waals surface area contributed by atoms with E-state index in [4.69, 9.17) is 4.74 Å². The average molecular weight is 364 g/mol. The van der Waals surface area contributed by atoms with Crippen LogP contribution in [0.15, 0.2) is 48.5 Å². The van der Waals surface area contributed by atoms with E-state index in [2.05, 4.69) is 15.4 Å². The number of aryl methyl sites for hydroxylation is 2. The number of aromatic nitrogens is 3. The third-order valence-electron chi connectivity index (χ3n) is 4.14. The second-order valence-corrected chi connectivity index (χ2v) is 6.48. The van der Waals surface area contributed by atoms with Gasteiger partial charge in [-0.2, -0.15) is 0 Å².